The van der Waals surface area contributed by atoms with Gasteiger partial charge in [-0.25, -0.2) is 4.79 Å². The number of methoxy groups -OCH3 is 1. The van der Waals surface area contributed by atoms with Crippen LogP contribution in [0.5, 0.6) is 5.75 Å². The highest BCUT2D eigenvalue weighted by atomic mass is 16.5. The molecule has 0 aromatic heterocycles. The minimum Gasteiger partial charge on any atom is -0.497 e. The molecule has 2 rings (SSSR count). The Bertz CT molecular complexity index is 585. The summed E-state index contributed by atoms with van der Waals surface area (Å²) < 4.78 is 5.26. The first kappa shape index (κ1) is 19.2. The molecule has 25 heavy (non-hydrogen) atoms. The summed E-state index contributed by atoms with van der Waals surface area (Å²) in [4.78, 5) is 25.6. The number of hydrogen-bond donors (Lipinski definition) is 3. The molecule has 1 fully saturated rings. The van der Waals surface area contributed by atoms with Crippen molar-refractivity contribution in [2.24, 2.45) is 0 Å². The number of imide groups is 1. The quantitative estimate of drug-likeness (QED) is 0.719. The fraction of sp³-hybridized carbons (Fsp3) is 0.556. The minimum atomic E-state index is -0.509. The third-order valence-corrected chi connectivity index (χ3v) is 4.53. The van der Waals surface area contributed by atoms with Gasteiger partial charge >= 0.3 is 6.03 Å². The number of hydrogen-bond acceptors (Lipinski definition) is 5. The topological polar surface area (TPSA) is 90.9 Å². The summed E-state index contributed by atoms with van der Waals surface area (Å²) in [5, 5.41) is 14.4. The number of nitrogens with one attached hydrogen (secondary N) is 2. The molecular formula is C18H27N3O4. The lowest BCUT2D eigenvalue weighted by Gasteiger charge is -2.35. The largest absolute Gasteiger partial charge is 0.497 e. The molecule has 1 aliphatic rings. The average molecular weight is 349 g/mol. The van der Waals surface area contributed by atoms with Gasteiger partial charge in [0.2, 0.25) is 5.91 Å². The number of aliphatic hydroxyl groups is 1. The zero-order chi connectivity index (χ0) is 18.2. The van der Waals surface area contributed by atoms with Gasteiger partial charge in [0.15, 0.2) is 0 Å². The van der Waals surface area contributed by atoms with Crippen LogP contribution in [0.15, 0.2) is 24.3 Å². The van der Waals surface area contributed by atoms with Crippen molar-refractivity contribution >= 4 is 11.9 Å². The third kappa shape index (κ3) is 6.03. The van der Waals surface area contributed by atoms with Gasteiger partial charge < -0.3 is 15.2 Å². The molecule has 3 N–H and O–H groups in total. The summed E-state index contributed by atoms with van der Waals surface area (Å²) in [5.41, 5.74) is 1.04. The Labute approximate surface area is 148 Å². The number of urea groups is 1. The molecule has 138 valence electrons. The van der Waals surface area contributed by atoms with Crippen molar-refractivity contribution in [2.45, 2.75) is 44.4 Å². The van der Waals surface area contributed by atoms with Crippen LogP contribution in [-0.4, -0.2) is 54.8 Å². The highest BCUT2D eigenvalue weighted by Crippen LogP contribution is 2.25. The van der Waals surface area contributed by atoms with Gasteiger partial charge in [0, 0.05) is 19.6 Å². The van der Waals surface area contributed by atoms with E-state index in [1.54, 1.807) is 7.11 Å². The number of benzene rings is 1. The van der Waals surface area contributed by atoms with Crippen LogP contribution in [-0.2, 0) is 11.3 Å². The number of carbonyl (C=O) groups is 2. The smallest absolute Gasteiger partial charge is 0.321 e. The van der Waals surface area contributed by atoms with Crippen molar-refractivity contribution in [1.29, 1.82) is 0 Å². The van der Waals surface area contributed by atoms with E-state index in [0.29, 0.717) is 6.54 Å². The monoisotopic (exact) mass is 349 g/mol. The zero-order valence-electron chi connectivity index (χ0n) is 14.8. The van der Waals surface area contributed by atoms with Gasteiger partial charge in [0.1, 0.15) is 5.75 Å². The van der Waals surface area contributed by atoms with Crippen molar-refractivity contribution in [3.63, 3.8) is 0 Å². The van der Waals surface area contributed by atoms with Crippen LogP contribution in [0.25, 0.3) is 0 Å². The number of rotatable bonds is 6. The van der Waals surface area contributed by atoms with Crippen molar-refractivity contribution in [3.05, 3.63) is 29.8 Å². The van der Waals surface area contributed by atoms with Crippen LogP contribution < -0.4 is 15.4 Å². The second-order valence-corrected chi connectivity index (χ2v) is 6.35. The van der Waals surface area contributed by atoms with Crippen LogP contribution in [0.4, 0.5) is 4.79 Å². The van der Waals surface area contributed by atoms with Gasteiger partial charge in [0.05, 0.1) is 19.8 Å². The molecule has 0 spiro atoms. The molecule has 7 nitrogen and oxygen atoms in total. The molecule has 0 atom stereocenters. The summed E-state index contributed by atoms with van der Waals surface area (Å²) in [5.74, 6) is 0.430. The average Bonchev–Trinajstić information content (AvgIpc) is 2.61. The van der Waals surface area contributed by atoms with Crippen LogP contribution in [0.3, 0.4) is 0 Å². The molecule has 0 saturated heterocycles. The minimum absolute atomic E-state index is 0.130. The van der Waals surface area contributed by atoms with Gasteiger partial charge in [-0.05, 0) is 43.4 Å². The molecule has 3 amide bonds. The summed E-state index contributed by atoms with van der Waals surface area (Å²) in [7, 11) is 3.09. The number of carbonyl (C=O) groups excluding carboxylic acids is 2. The molecular weight excluding hydrogens is 322 g/mol. The summed E-state index contributed by atoms with van der Waals surface area (Å²) in [6.07, 6.45) is 2.87. The normalized spacial score (nSPS) is 20.2. The lowest BCUT2D eigenvalue weighted by molar-refractivity contribution is -0.122. The van der Waals surface area contributed by atoms with Gasteiger partial charge in [-0.2, -0.15) is 0 Å². The van der Waals surface area contributed by atoms with E-state index in [2.05, 4.69) is 15.5 Å². The Morgan fingerprint density at radius 3 is 2.64 bits per heavy atom. The lowest BCUT2D eigenvalue weighted by atomic mass is 9.91. The second-order valence-electron chi connectivity index (χ2n) is 6.35. The predicted molar refractivity (Wildman–Crippen MR) is 94.3 cm³/mol. The van der Waals surface area contributed by atoms with Crippen molar-refractivity contribution in [3.8, 4) is 5.75 Å². The summed E-state index contributed by atoms with van der Waals surface area (Å²) in [6, 6.07) is 7.42. The van der Waals surface area contributed by atoms with E-state index >= 15 is 0 Å². The van der Waals surface area contributed by atoms with E-state index in [4.69, 9.17) is 4.74 Å². The Hall–Kier alpha value is -2.12. The predicted octanol–water partition coefficient (Wildman–Crippen LogP) is 1.26. The fourth-order valence-electron chi connectivity index (χ4n) is 3.16. The molecule has 0 heterocycles. The highest BCUT2D eigenvalue weighted by Gasteiger charge is 2.26. The van der Waals surface area contributed by atoms with E-state index in [9.17, 15) is 14.7 Å². The number of ether oxygens (including phenoxy) is 1. The van der Waals surface area contributed by atoms with Crippen LogP contribution in [0.1, 0.15) is 31.2 Å². The van der Waals surface area contributed by atoms with E-state index in [0.717, 1.165) is 37.0 Å². The standard InChI is InChI=1S/C18H27N3O4/c1-19-18(24)20-17(23)12-21(14-6-8-15(22)9-7-14)11-13-4-3-5-16(10-13)25-2/h3-5,10,14-15,22H,6-9,11-12H2,1-2H3,(H2,19,20,23,24). The lowest BCUT2D eigenvalue weighted by Crippen LogP contribution is -2.47. The Morgan fingerprint density at radius 1 is 1.28 bits per heavy atom. The molecule has 1 aromatic carbocycles. The molecule has 0 unspecified atom stereocenters. The first-order chi connectivity index (χ1) is 12.0. The molecule has 1 aromatic rings. The molecule has 1 saturated carbocycles. The zero-order valence-corrected chi connectivity index (χ0v) is 14.8. The van der Waals surface area contributed by atoms with Gasteiger partial charge in [-0.15, -0.1) is 0 Å². The first-order valence-corrected chi connectivity index (χ1v) is 8.58. The van der Waals surface area contributed by atoms with Crippen LogP contribution in [0.2, 0.25) is 0 Å². The summed E-state index contributed by atoms with van der Waals surface area (Å²) >= 11 is 0. The van der Waals surface area contributed by atoms with E-state index in [-0.39, 0.29) is 24.6 Å². The van der Waals surface area contributed by atoms with Crippen LogP contribution in [0, 0.1) is 0 Å². The molecule has 0 radical (unpaired) electrons. The Kier molecular flexibility index (Phi) is 7.21. The first-order valence-electron chi connectivity index (χ1n) is 8.58. The highest BCUT2D eigenvalue weighted by molar-refractivity contribution is 5.95. The van der Waals surface area contributed by atoms with E-state index in [1.807, 2.05) is 24.3 Å². The van der Waals surface area contributed by atoms with Crippen molar-refractivity contribution in [2.75, 3.05) is 20.7 Å². The maximum Gasteiger partial charge on any atom is 0.321 e. The van der Waals surface area contributed by atoms with E-state index in [1.165, 1.54) is 7.05 Å². The van der Waals surface area contributed by atoms with Gasteiger partial charge in [-0.3, -0.25) is 15.0 Å². The van der Waals surface area contributed by atoms with Crippen molar-refractivity contribution in [1.82, 2.24) is 15.5 Å². The van der Waals surface area contributed by atoms with Gasteiger partial charge in [0.25, 0.3) is 0 Å². The van der Waals surface area contributed by atoms with Crippen LogP contribution >= 0.6 is 0 Å². The molecule has 0 aliphatic heterocycles. The summed E-state index contributed by atoms with van der Waals surface area (Å²) in [6.45, 7) is 0.713. The number of amides is 3. The third-order valence-electron chi connectivity index (χ3n) is 4.53. The molecule has 7 heteroatoms. The maximum atomic E-state index is 12.2. The molecule has 1 aliphatic carbocycles. The Morgan fingerprint density at radius 2 is 2.00 bits per heavy atom. The Balaban J connectivity index is 2.07. The number of aliphatic hydroxyl groups excluding tert-OH is 1. The fourth-order valence-corrected chi connectivity index (χ4v) is 3.16. The van der Waals surface area contributed by atoms with Gasteiger partial charge in [-0.1, -0.05) is 12.1 Å². The molecule has 0 bridgehead atoms. The van der Waals surface area contributed by atoms with Crippen molar-refractivity contribution < 1.29 is 19.4 Å². The maximum absolute atomic E-state index is 12.2. The number of nitrogens with zero attached hydrogens (tertiary/aromatic N) is 1. The van der Waals surface area contributed by atoms with E-state index < -0.39 is 6.03 Å². The second kappa shape index (κ2) is 9.39. The SMILES string of the molecule is CNC(=O)NC(=O)CN(Cc1cccc(OC)c1)C1CCC(O)CC1.